The second-order valence-corrected chi connectivity index (χ2v) is 6.36. The first-order chi connectivity index (χ1) is 13.5. The number of nitrogens with zero attached hydrogens (tertiary/aromatic N) is 1. The highest BCUT2D eigenvalue weighted by Crippen LogP contribution is 2.27. The fourth-order valence-electron chi connectivity index (χ4n) is 2.53. The molecule has 2 aromatic carbocycles. The van der Waals surface area contributed by atoms with Gasteiger partial charge in [0.05, 0.1) is 41.7 Å². The van der Waals surface area contributed by atoms with Crippen LogP contribution in [0.4, 0.5) is 17.2 Å². The summed E-state index contributed by atoms with van der Waals surface area (Å²) in [5, 5.41) is 6.31. The zero-order chi connectivity index (χ0) is 19.9. The van der Waals surface area contributed by atoms with Gasteiger partial charge in [0.25, 0.3) is 0 Å². The molecule has 0 atom stereocenters. The van der Waals surface area contributed by atoms with Crippen LogP contribution in [0.3, 0.4) is 0 Å². The molecule has 1 heterocycles. The summed E-state index contributed by atoms with van der Waals surface area (Å²) in [7, 11) is 1.32. The SMILES string of the molecule is COC(=O)c1ccc(Cl)c(Nc2ccc(NC(=O)Cc3ccccc3)nc2)c1. The highest BCUT2D eigenvalue weighted by molar-refractivity contribution is 6.33. The molecule has 6 nitrogen and oxygen atoms in total. The molecule has 3 aromatic rings. The number of methoxy groups -OCH3 is 1. The van der Waals surface area contributed by atoms with Gasteiger partial charge in [-0.2, -0.15) is 0 Å². The average Bonchev–Trinajstić information content (AvgIpc) is 2.71. The van der Waals surface area contributed by atoms with Gasteiger partial charge in [-0.1, -0.05) is 41.9 Å². The lowest BCUT2D eigenvalue weighted by atomic mass is 10.1. The van der Waals surface area contributed by atoms with Crippen molar-refractivity contribution in [2.45, 2.75) is 6.42 Å². The van der Waals surface area contributed by atoms with Crippen molar-refractivity contribution in [2.24, 2.45) is 0 Å². The predicted octanol–water partition coefficient (Wildman–Crippen LogP) is 4.45. The van der Waals surface area contributed by atoms with Crippen molar-refractivity contribution in [1.29, 1.82) is 0 Å². The lowest BCUT2D eigenvalue weighted by Crippen LogP contribution is -2.15. The number of pyridine rings is 1. The Bertz CT molecular complexity index is 976. The Morgan fingerprint density at radius 2 is 1.86 bits per heavy atom. The zero-order valence-electron chi connectivity index (χ0n) is 15.1. The zero-order valence-corrected chi connectivity index (χ0v) is 15.9. The summed E-state index contributed by atoms with van der Waals surface area (Å²) in [6, 6.07) is 17.7. The van der Waals surface area contributed by atoms with Crippen molar-refractivity contribution in [2.75, 3.05) is 17.7 Å². The van der Waals surface area contributed by atoms with Crippen LogP contribution < -0.4 is 10.6 Å². The summed E-state index contributed by atoms with van der Waals surface area (Å²) in [5.41, 5.74) is 2.52. The van der Waals surface area contributed by atoms with Crippen LogP contribution in [0.5, 0.6) is 0 Å². The largest absolute Gasteiger partial charge is 0.465 e. The number of hydrogen-bond donors (Lipinski definition) is 2. The van der Waals surface area contributed by atoms with Gasteiger partial charge >= 0.3 is 5.97 Å². The second kappa shape index (κ2) is 9.01. The molecule has 0 saturated heterocycles. The fourth-order valence-corrected chi connectivity index (χ4v) is 2.70. The molecule has 3 rings (SSSR count). The first-order valence-electron chi connectivity index (χ1n) is 8.50. The summed E-state index contributed by atoms with van der Waals surface area (Å²) in [6.45, 7) is 0. The van der Waals surface area contributed by atoms with Crippen LogP contribution in [0.25, 0.3) is 0 Å². The van der Waals surface area contributed by atoms with Crippen LogP contribution in [0.1, 0.15) is 15.9 Å². The van der Waals surface area contributed by atoms with Crippen molar-refractivity contribution in [3.63, 3.8) is 0 Å². The van der Waals surface area contributed by atoms with E-state index in [2.05, 4.69) is 15.6 Å². The molecule has 0 radical (unpaired) electrons. The third-order valence-electron chi connectivity index (χ3n) is 3.90. The van der Waals surface area contributed by atoms with Crippen molar-refractivity contribution < 1.29 is 14.3 Å². The molecule has 1 aromatic heterocycles. The minimum absolute atomic E-state index is 0.145. The number of rotatable bonds is 6. The quantitative estimate of drug-likeness (QED) is 0.603. The molecular weight excluding hydrogens is 378 g/mol. The van der Waals surface area contributed by atoms with Gasteiger partial charge in [0.15, 0.2) is 0 Å². The molecule has 0 spiro atoms. The van der Waals surface area contributed by atoms with Crippen molar-refractivity contribution >= 4 is 40.7 Å². The molecule has 0 bridgehead atoms. The molecule has 142 valence electrons. The number of aromatic nitrogens is 1. The summed E-state index contributed by atoms with van der Waals surface area (Å²) < 4.78 is 4.71. The molecule has 28 heavy (non-hydrogen) atoms. The molecule has 0 aliphatic rings. The monoisotopic (exact) mass is 395 g/mol. The van der Waals surface area contributed by atoms with E-state index in [0.717, 1.165) is 5.56 Å². The van der Waals surface area contributed by atoms with E-state index in [-0.39, 0.29) is 12.3 Å². The summed E-state index contributed by atoms with van der Waals surface area (Å²) in [4.78, 5) is 28.0. The van der Waals surface area contributed by atoms with Gasteiger partial charge in [-0.15, -0.1) is 0 Å². The van der Waals surface area contributed by atoms with Gasteiger partial charge in [-0.05, 0) is 35.9 Å². The maximum atomic E-state index is 12.1. The van der Waals surface area contributed by atoms with E-state index in [0.29, 0.717) is 27.8 Å². The van der Waals surface area contributed by atoms with E-state index in [1.54, 1.807) is 36.5 Å². The van der Waals surface area contributed by atoms with Gasteiger partial charge in [0.1, 0.15) is 5.82 Å². The summed E-state index contributed by atoms with van der Waals surface area (Å²) in [5.74, 6) is -0.150. The summed E-state index contributed by atoms with van der Waals surface area (Å²) >= 11 is 6.18. The Kier molecular flexibility index (Phi) is 6.24. The molecule has 0 saturated carbocycles. The van der Waals surface area contributed by atoms with Crippen LogP contribution >= 0.6 is 11.6 Å². The van der Waals surface area contributed by atoms with Crippen LogP contribution in [0, 0.1) is 0 Å². The van der Waals surface area contributed by atoms with Crippen LogP contribution in [-0.4, -0.2) is 24.0 Å². The van der Waals surface area contributed by atoms with E-state index >= 15 is 0 Å². The topological polar surface area (TPSA) is 80.3 Å². The van der Waals surface area contributed by atoms with E-state index < -0.39 is 5.97 Å². The Labute approximate surface area is 167 Å². The van der Waals surface area contributed by atoms with Crippen LogP contribution in [-0.2, 0) is 16.0 Å². The third kappa shape index (κ3) is 5.08. The molecular formula is C21H18ClN3O3. The number of ether oxygens (including phenoxy) is 1. The van der Waals surface area contributed by atoms with Crippen molar-refractivity contribution in [1.82, 2.24) is 4.98 Å². The number of benzene rings is 2. The van der Waals surface area contributed by atoms with E-state index in [4.69, 9.17) is 16.3 Å². The lowest BCUT2D eigenvalue weighted by molar-refractivity contribution is -0.115. The maximum absolute atomic E-state index is 12.1. The first-order valence-corrected chi connectivity index (χ1v) is 8.87. The second-order valence-electron chi connectivity index (χ2n) is 5.95. The minimum Gasteiger partial charge on any atom is -0.465 e. The van der Waals surface area contributed by atoms with Crippen molar-refractivity contribution in [3.05, 3.63) is 83.0 Å². The third-order valence-corrected chi connectivity index (χ3v) is 4.23. The lowest BCUT2D eigenvalue weighted by Gasteiger charge is -2.10. The molecule has 0 aliphatic carbocycles. The van der Waals surface area contributed by atoms with Crippen LogP contribution in [0.2, 0.25) is 5.02 Å². The number of halogens is 1. The number of amides is 1. The predicted molar refractivity (Wildman–Crippen MR) is 109 cm³/mol. The standard InChI is InChI=1S/C21H18ClN3O3/c1-28-21(27)15-7-9-17(22)18(12-15)24-16-8-10-19(23-13-16)25-20(26)11-14-5-3-2-4-6-14/h2-10,12-13,24H,11H2,1H3,(H,23,25,26). The number of hydrogen-bond acceptors (Lipinski definition) is 5. The average molecular weight is 396 g/mol. The Morgan fingerprint density at radius 1 is 1.07 bits per heavy atom. The van der Waals surface area contributed by atoms with E-state index in [9.17, 15) is 9.59 Å². The molecule has 0 aliphatic heterocycles. The van der Waals surface area contributed by atoms with Gasteiger partial charge in [0, 0.05) is 0 Å². The highest BCUT2D eigenvalue weighted by Gasteiger charge is 2.10. The number of esters is 1. The van der Waals surface area contributed by atoms with Gasteiger partial charge in [-0.25, -0.2) is 9.78 Å². The normalized spacial score (nSPS) is 10.2. The maximum Gasteiger partial charge on any atom is 0.337 e. The molecule has 0 unspecified atom stereocenters. The Balaban J connectivity index is 1.65. The van der Waals surface area contributed by atoms with Crippen molar-refractivity contribution in [3.8, 4) is 0 Å². The number of carbonyl (C=O) groups is 2. The van der Waals surface area contributed by atoms with Crippen LogP contribution in [0.15, 0.2) is 66.9 Å². The number of nitrogens with one attached hydrogen (secondary N) is 2. The van der Waals surface area contributed by atoms with Gasteiger partial charge in [0.2, 0.25) is 5.91 Å². The van der Waals surface area contributed by atoms with E-state index in [1.807, 2.05) is 30.3 Å². The number of carbonyl (C=O) groups excluding carboxylic acids is 2. The van der Waals surface area contributed by atoms with Gasteiger partial charge in [-0.3, -0.25) is 4.79 Å². The van der Waals surface area contributed by atoms with E-state index in [1.165, 1.54) is 7.11 Å². The highest BCUT2D eigenvalue weighted by atomic mass is 35.5. The fraction of sp³-hybridized carbons (Fsp3) is 0.0952. The first kappa shape index (κ1) is 19.4. The summed E-state index contributed by atoms with van der Waals surface area (Å²) in [6.07, 6.45) is 1.84. The Hall–Kier alpha value is -3.38. The Morgan fingerprint density at radius 3 is 2.54 bits per heavy atom. The molecule has 2 N–H and O–H groups in total. The molecule has 1 amide bonds. The number of anilines is 3. The van der Waals surface area contributed by atoms with Gasteiger partial charge < -0.3 is 15.4 Å². The molecule has 0 fully saturated rings. The smallest absolute Gasteiger partial charge is 0.337 e. The minimum atomic E-state index is -0.450. The molecule has 7 heteroatoms.